The molecule has 0 atom stereocenters. The molecule has 0 aromatic heterocycles. The number of amides is 1. The van der Waals surface area contributed by atoms with Crippen LogP contribution in [0.3, 0.4) is 0 Å². The van der Waals surface area contributed by atoms with Gasteiger partial charge < -0.3 is 20.9 Å². The number of nitrogens with zero attached hydrogens (tertiary/aromatic N) is 4. The minimum absolute atomic E-state index is 0.0714. The minimum atomic E-state index is -0.220. The number of rotatable bonds is 12. The summed E-state index contributed by atoms with van der Waals surface area (Å²) >= 11 is 0. The Morgan fingerprint density at radius 3 is 2.55 bits per heavy atom. The normalized spacial score (nSPS) is 17.8. The Labute approximate surface area is 197 Å². The van der Waals surface area contributed by atoms with Crippen molar-refractivity contribution in [1.82, 2.24) is 20.9 Å². The van der Waals surface area contributed by atoms with Gasteiger partial charge in [0.05, 0.1) is 23.9 Å². The number of hydrogen-bond donors (Lipinski definition) is 3. The molecule has 0 saturated carbocycles. The van der Waals surface area contributed by atoms with Gasteiger partial charge >= 0.3 is 0 Å². The van der Waals surface area contributed by atoms with E-state index in [2.05, 4.69) is 49.5 Å². The SMILES string of the molecule is C=C/C(NC(=C\N=C(/C)C(=O)NCC1CCN(C)CC1)/N=C\N=C\C)=C(\C=C\F)NC(C)C. The van der Waals surface area contributed by atoms with Crippen LogP contribution in [0.25, 0.3) is 0 Å². The first-order chi connectivity index (χ1) is 15.8. The molecule has 0 unspecified atom stereocenters. The molecule has 1 saturated heterocycles. The highest BCUT2D eigenvalue weighted by atomic mass is 19.1. The lowest BCUT2D eigenvalue weighted by Gasteiger charge is -2.28. The Bertz CT molecular complexity index is 817. The van der Waals surface area contributed by atoms with Gasteiger partial charge in [-0.05, 0) is 78.7 Å². The molecule has 1 rings (SSSR count). The molecule has 9 heteroatoms. The summed E-state index contributed by atoms with van der Waals surface area (Å²) in [6.45, 7) is 13.8. The zero-order valence-electron chi connectivity index (χ0n) is 20.4. The molecular weight excluding hydrogens is 421 g/mol. The van der Waals surface area contributed by atoms with Crippen molar-refractivity contribution in [3.8, 4) is 0 Å². The highest BCUT2D eigenvalue weighted by molar-refractivity contribution is 6.38. The summed E-state index contributed by atoms with van der Waals surface area (Å²) in [5.41, 5.74) is 1.31. The third-order valence-electron chi connectivity index (χ3n) is 4.94. The molecule has 33 heavy (non-hydrogen) atoms. The van der Waals surface area contributed by atoms with Crippen LogP contribution < -0.4 is 16.0 Å². The van der Waals surface area contributed by atoms with E-state index in [1.807, 2.05) is 13.8 Å². The van der Waals surface area contributed by atoms with E-state index in [1.54, 1.807) is 26.1 Å². The monoisotopic (exact) mass is 459 g/mol. The quantitative estimate of drug-likeness (QED) is 0.237. The molecular formula is C24H38FN7O. The first kappa shape index (κ1) is 28.0. The van der Waals surface area contributed by atoms with E-state index in [9.17, 15) is 9.18 Å². The number of carbonyl (C=O) groups excluding carboxylic acids is 1. The Morgan fingerprint density at radius 2 is 1.97 bits per heavy atom. The third-order valence-corrected chi connectivity index (χ3v) is 4.94. The van der Waals surface area contributed by atoms with Gasteiger partial charge in [0.15, 0.2) is 5.82 Å². The van der Waals surface area contributed by atoms with Gasteiger partial charge in [-0.2, -0.15) is 0 Å². The Kier molecular flexibility index (Phi) is 13.3. The van der Waals surface area contributed by atoms with Crippen LogP contribution in [0, 0.1) is 5.92 Å². The van der Waals surface area contributed by atoms with E-state index in [1.165, 1.54) is 18.6 Å². The molecule has 0 radical (unpaired) electrons. The van der Waals surface area contributed by atoms with E-state index < -0.39 is 0 Å². The predicted octanol–water partition coefficient (Wildman–Crippen LogP) is 3.29. The van der Waals surface area contributed by atoms with Crippen molar-refractivity contribution < 1.29 is 9.18 Å². The second-order valence-electron chi connectivity index (χ2n) is 8.09. The molecule has 0 bridgehead atoms. The van der Waals surface area contributed by atoms with Crippen LogP contribution in [0.1, 0.15) is 40.5 Å². The molecule has 0 spiro atoms. The molecule has 0 aromatic carbocycles. The molecule has 1 aliphatic heterocycles. The first-order valence-electron chi connectivity index (χ1n) is 11.2. The van der Waals surface area contributed by atoms with Gasteiger partial charge in [-0.25, -0.2) is 14.4 Å². The number of allylic oxidation sites excluding steroid dienone is 2. The highest BCUT2D eigenvalue weighted by Crippen LogP contribution is 2.14. The zero-order valence-corrected chi connectivity index (χ0v) is 20.4. The van der Waals surface area contributed by atoms with Crippen LogP contribution in [0.2, 0.25) is 0 Å². The fraction of sp³-hybridized carbons (Fsp3) is 0.500. The molecule has 1 fully saturated rings. The van der Waals surface area contributed by atoms with Crippen molar-refractivity contribution in [2.24, 2.45) is 20.9 Å². The van der Waals surface area contributed by atoms with E-state index >= 15 is 0 Å². The smallest absolute Gasteiger partial charge is 0.265 e. The maximum atomic E-state index is 12.9. The van der Waals surface area contributed by atoms with Crippen molar-refractivity contribution in [2.45, 2.75) is 46.6 Å². The zero-order chi connectivity index (χ0) is 24.6. The molecule has 8 nitrogen and oxygen atoms in total. The molecule has 182 valence electrons. The lowest BCUT2D eigenvalue weighted by molar-refractivity contribution is -0.115. The van der Waals surface area contributed by atoms with Gasteiger partial charge in [0.2, 0.25) is 0 Å². The molecule has 1 heterocycles. The lowest BCUT2D eigenvalue weighted by Crippen LogP contribution is -2.38. The Morgan fingerprint density at radius 1 is 1.27 bits per heavy atom. The van der Waals surface area contributed by atoms with E-state index in [0.29, 0.717) is 41.7 Å². The number of piperidine rings is 1. The lowest BCUT2D eigenvalue weighted by atomic mass is 9.97. The van der Waals surface area contributed by atoms with Crippen LogP contribution in [0.5, 0.6) is 0 Å². The maximum Gasteiger partial charge on any atom is 0.265 e. The van der Waals surface area contributed by atoms with Crippen molar-refractivity contribution in [1.29, 1.82) is 0 Å². The van der Waals surface area contributed by atoms with Crippen LogP contribution in [-0.4, -0.2) is 61.8 Å². The number of aliphatic imine (C=N–C) groups is 3. The predicted molar refractivity (Wildman–Crippen MR) is 136 cm³/mol. The Hall–Kier alpha value is -3.07. The van der Waals surface area contributed by atoms with Gasteiger partial charge in [-0.15, -0.1) is 0 Å². The van der Waals surface area contributed by atoms with E-state index in [4.69, 9.17) is 0 Å². The van der Waals surface area contributed by atoms with Crippen molar-refractivity contribution >= 4 is 24.2 Å². The molecule has 0 aromatic rings. The topological polar surface area (TPSA) is 93.5 Å². The minimum Gasteiger partial charge on any atom is -0.381 e. The number of nitrogens with one attached hydrogen (secondary N) is 3. The second-order valence-corrected chi connectivity index (χ2v) is 8.09. The van der Waals surface area contributed by atoms with E-state index in [-0.39, 0.29) is 11.9 Å². The summed E-state index contributed by atoms with van der Waals surface area (Å²) in [5.74, 6) is 0.577. The fourth-order valence-corrected chi connectivity index (χ4v) is 3.06. The number of hydrogen-bond acceptors (Lipinski definition) is 6. The average Bonchev–Trinajstić information content (AvgIpc) is 2.79. The summed E-state index contributed by atoms with van der Waals surface area (Å²) in [5, 5.41) is 9.17. The first-order valence-corrected chi connectivity index (χ1v) is 11.2. The van der Waals surface area contributed by atoms with Crippen LogP contribution in [-0.2, 0) is 4.79 Å². The average molecular weight is 460 g/mol. The number of halogens is 1. The van der Waals surface area contributed by atoms with Crippen LogP contribution >= 0.6 is 0 Å². The van der Waals surface area contributed by atoms with Crippen molar-refractivity contribution in [3.05, 3.63) is 48.5 Å². The van der Waals surface area contributed by atoms with Gasteiger partial charge in [-0.1, -0.05) is 6.58 Å². The molecule has 3 N–H and O–H groups in total. The fourth-order valence-electron chi connectivity index (χ4n) is 3.06. The van der Waals surface area contributed by atoms with Gasteiger partial charge in [-0.3, -0.25) is 9.79 Å². The van der Waals surface area contributed by atoms with Gasteiger partial charge in [0.25, 0.3) is 5.91 Å². The highest BCUT2D eigenvalue weighted by Gasteiger charge is 2.17. The third kappa shape index (κ3) is 11.4. The summed E-state index contributed by atoms with van der Waals surface area (Å²) < 4.78 is 12.9. The standard InChI is InChI=1S/C24H38FN7O/c1-7-21(22(9-12-25)30-18(3)4)31-23(29-17-26-8-2)16-27-19(5)24(33)28-15-20-10-13-32(6)14-11-20/h7-9,12,16-18,20,30-31H,1,10-11,13-15H2,2-6H3,(H,28,33)/b12-9+,22-21-,23-16-,26-8+,27-19+,29-17-. The molecule has 1 amide bonds. The number of carbonyl (C=O) groups is 1. The summed E-state index contributed by atoms with van der Waals surface area (Å²) in [6, 6.07) is 0.0714. The molecule has 0 aliphatic carbocycles. The van der Waals surface area contributed by atoms with Crippen molar-refractivity contribution in [2.75, 3.05) is 26.7 Å². The Balaban J connectivity index is 2.99. The van der Waals surface area contributed by atoms with Gasteiger partial charge in [0.1, 0.15) is 12.1 Å². The number of likely N-dealkylation sites (tertiary alicyclic amines) is 1. The largest absolute Gasteiger partial charge is 0.381 e. The van der Waals surface area contributed by atoms with E-state index in [0.717, 1.165) is 25.9 Å². The molecule has 1 aliphatic rings. The summed E-state index contributed by atoms with van der Waals surface area (Å²) in [6.07, 6.45) is 9.80. The van der Waals surface area contributed by atoms with Crippen molar-refractivity contribution in [3.63, 3.8) is 0 Å². The second kappa shape index (κ2) is 15.7. The van der Waals surface area contributed by atoms with Crippen LogP contribution in [0.15, 0.2) is 63.5 Å². The summed E-state index contributed by atoms with van der Waals surface area (Å²) in [4.78, 5) is 27.2. The summed E-state index contributed by atoms with van der Waals surface area (Å²) in [7, 11) is 2.11. The van der Waals surface area contributed by atoms with Crippen LogP contribution in [0.4, 0.5) is 4.39 Å². The van der Waals surface area contributed by atoms with Gasteiger partial charge in [0, 0.05) is 18.8 Å². The maximum absolute atomic E-state index is 12.9.